The minimum absolute atomic E-state index is 0.0814. The molecule has 1 atom stereocenters. The molecule has 3 N–H and O–H groups in total. The van der Waals surface area contributed by atoms with Crippen molar-refractivity contribution in [3.63, 3.8) is 0 Å². The summed E-state index contributed by atoms with van der Waals surface area (Å²) in [6.45, 7) is 6.86. The number of nitrogens with zero attached hydrogens (tertiary/aromatic N) is 2. The van der Waals surface area contributed by atoms with Crippen molar-refractivity contribution in [2.75, 3.05) is 19.3 Å². The van der Waals surface area contributed by atoms with Gasteiger partial charge in [-0.2, -0.15) is 0 Å². The number of hydrogen-bond acceptors (Lipinski definition) is 4. The van der Waals surface area contributed by atoms with E-state index in [9.17, 15) is 4.79 Å². The summed E-state index contributed by atoms with van der Waals surface area (Å²) in [5, 5.41) is 2.99. The molecule has 1 heterocycles. The first-order valence-corrected chi connectivity index (χ1v) is 7.66. The molecule has 1 aromatic rings. The van der Waals surface area contributed by atoms with Gasteiger partial charge in [0.05, 0.1) is 0 Å². The predicted molar refractivity (Wildman–Crippen MR) is 85.3 cm³/mol. The average Bonchev–Trinajstić information content (AvgIpc) is 3.27. The fraction of sp³-hybridized carbons (Fsp3) is 0.625. The zero-order valence-electron chi connectivity index (χ0n) is 13.4. The van der Waals surface area contributed by atoms with Crippen LogP contribution in [0.4, 0.5) is 5.82 Å². The van der Waals surface area contributed by atoms with Gasteiger partial charge in [0.25, 0.3) is 5.91 Å². The average molecular weight is 290 g/mol. The second-order valence-corrected chi connectivity index (χ2v) is 6.32. The van der Waals surface area contributed by atoms with Crippen molar-refractivity contribution in [2.24, 2.45) is 0 Å². The summed E-state index contributed by atoms with van der Waals surface area (Å²) in [5.41, 5.74) is 7.23. The molecule has 5 nitrogen and oxygen atoms in total. The molecule has 0 aromatic carbocycles. The van der Waals surface area contributed by atoms with Crippen LogP contribution in [0.3, 0.4) is 0 Å². The van der Waals surface area contributed by atoms with Crippen LogP contribution < -0.4 is 11.1 Å². The third-order valence-corrected chi connectivity index (χ3v) is 4.09. The number of rotatable bonds is 6. The number of likely N-dealkylation sites (N-methyl/N-ethyl adjacent to an activating group) is 1. The number of hydrogen-bond donors (Lipinski definition) is 2. The largest absolute Gasteiger partial charge is 0.384 e. The van der Waals surface area contributed by atoms with Gasteiger partial charge in [0, 0.05) is 29.9 Å². The van der Waals surface area contributed by atoms with Crippen LogP contribution in [0.5, 0.6) is 0 Å². The number of nitrogen functional groups attached to an aromatic ring is 1. The first-order chi connectivity index (χ1) is 9.88. The van der Waals surface area contributed by atoms with Crippen molar-refractivity contribution >= 4 is 11.7 Å². The highest BCUT2D eigenvalue weighted by Crippen LogP contribution is 2.26. The molecule has 0 saturated heterocycles. The van der Waals surface area contributed by atoms with Crippen LogP contribution in [-0.2, 0) is 0 Å². The van der Waals surface area contributed by atoms with E-state index in [0.29, 0.717) is 30.0 Å². The number of amides is 1. The van der Waals surface area contributed by atoms with Gasteiger partial charge < -0.3 is 11.1 Å². The maximum absolute atomic E-state index is 12.3. The number of nitrogens with two attached hydrogens (primary N) is 1. The Morgan fingerprint density at radius 3 is 2.67 bits per heavy atom. The van der Waals surface area contributed by atoms with Crippen LogP contribution in [0.1, 0.15) is 55.6 Å². The third-order valence-electron chi connectivity index (χ3n) is 4.09. The fourth-order valence-corrected chi connectivity index (χ4v) is 2.33. The molecule has 5 heteroatoms. The first kappa shape index (κ1) is 15.8. The standard InChI is InChI=1S/C16H26N4O/c1-10(2)14-7-12(8-15(17)19-14)16(21)18-9-11(3)20(4)13-5-6-13/h7-8,10-11,13H,5-6,9H2,1-4H3,(H2,17,19)(H,18,21). The van der Waals surface area contributed by atoms with Gasteiger partial charge in [-0.05, 0) is 44.9 Å². The van der Waals surface area contributed by atoms with Crippen LogP contribution in [0, 0.1) is 0 Å². The zero-order chi connectivity index (χ0) is 15.6. The van der Waals surface area contributed by atoms with E-state index in [1.54, 1.807) is 6.07 Å². The third kappa shape index (κ3) is 4.17. The Bertz CT molecular complexity index is 511. The molecule has 116 valence electrons. The first-order valence-electron chi connectivity index (χ1n) is 7.66. The van der Waals surface area contributed by atoms with Crippen molar-refractivity contribution in [1.82, 2.24) is 15.2 Å². The number of pyridine rings is 1. The van der Waals surface area contributed by atoms with Crippen LogP contribution >= 0.6 is 0 Å². The number of carbonyl (C=O) groups is 1. The van der Waals surface area contributed by atoms with E-state index < -0.39 is 0 Å². The molecule has 0 radical (unpaired) electrons. The molecule has 1 unspecified atom stereocenters. The summed E-state index contributed by atoms with van der Waals surface area (Å²) < 4.78 is 0. The Balaban J connectivity index is 1.96. The molecular weight excluding hydrogens is 264 g/mol. The number of carbonyl (C=O) groups excluding carboxylic acids is 1. The van der Waals surface area contributed by atoms with E-state index in [0.717, 1.165) is 5.69 Å². The van der Waals surface area contributed by atoms with Gasteiger partial charge in [-0.25, -0.2) is 4.98 Å². The maximum atomic E-state index is 12.3. The fourth-order valence-electron chi connectivity index (χ4n) is 2.33. The number of nitrogens with one attached hydrogen (secondary N) is 1. The Morgan fingerprint density at radius 2 is 2.10 bits per heavy atom. The van der Waals surface area contributed by atoms with Gasteiger partial charge in [0.1, 0.15) is 5.82 Å². The molecular formula is C16H26N4O. The SMILES string of the molecule is CC(C)c1cc(C(=O)NCC(C)N(C)C2CC2)cc(N)n1. The molecule has 1 saturated carbocycles. The van der Waals surface area contributed by atoms with Crippen molar-refractivity contribution in [1.29, 1.82) is 0 Å². The summed E-state index contributed by atoms with van der Waals surface area (Å²) >= 11 is 0. The van der Waals surface area contributed by atoms with Gasteiger partial charge in [-0.1, -0.05) is 13.8 Å². The Morgan fingerprint density at radius 1 is 1.43 bits per heavy atom. The van der Waals surface area contributed by atoms with E-state index in [1.165, 1.54) is 12.8 Å². The van der Waals surface area contributed by atoms with Crippen molar-refractivity contribution in [3.8, 4) is 0 Å². The topological polar surface area (TPSA) is 71.2 Å². The van der Waals surface area contributed by atoms with Crippen molar-refractivity contribution in [3.05, 3.63) is 23.4 Å². The molecule has 1 aliphatic carbocycles. The maximum Gasteiger partial charge on any atom is 0.251 e. The highest BCUT2D eigenvalue weighted by Gasteiger charge is 2.29. The summed E-state index contributed by atoms with van der Waals surface area (Å²) in [7, 11) is 2.12. The smallest absolute Gasteiger partial charge is 0.251 e. The number of anilines is 1. The van der Waals surface area contributed by atoms with E-state index in [1.807, 2.05) is 19.9 Å². The zero-order valence-corrected chi connectivity index (χ0v) is 13.4. The van der Waals surface area contributed by atoms with Gasteiger partial charge in [0.15, 0.2) is 0 Å². The lowest BCUT2D eigenvalue weighted by atomic mass is 10.1. The lowest BCUT2D eigenvalue weighted by molar-refractivity contribution is 0.0939. The molecule has 1 aliphatic rings. The minimum atomic E-state index is -0.0814. The second kappa shape index (κ2) is 6.43. The van der Waals surface area contributed by atoms with E-state index >= 15 is 0 Å². The summed E-state index contributed by atoms with van der Waals surface area (Å²) in [4.78, 5) is 18.9. The highest BCUT2D eigenvalue weighted by molar-refractivity contribution is 5.94. The monoisotopic (exact) mass is 290 g/mol. The van der Waals surface area contributed by atoms with Gasteiger partial charge in [-0.3, -0.25) is 9.69 Å². The molecule has 0 aliphatic heterocycles. The second-order valence-electron chi connectivity index (χ2n) is 6.32. The van der Waals surface area contributed by atoms with E-state index in [4.69, 9.17) is 5.73 Å². The summed E-state index contributed by atoms with van der Waals surface area (Å²) in [5.74, 6) is 0.566. The van der Waals surface area contributed by atoms with Crippen LogP contribution in [0.15, 0.2) is 12.1 Å². The Labute approximate surface area is 126 Å². The molecule has 0 spiro atoms. The quantitative estimate of drug-likeness (QED) is 0.840. The summed E-state index contributed by atoms with van der Waals surface area (Å²) in [6.07, 6.45) is 2.54. The summed E-state index contributed by atoms with van der Waals surface area (Å²) in [6, 6.07) is 4.49. The Hall–Kier alpha value is -1.62. The lowest BCUT2D eigenvalue weighted by Gasteiger charge is -2.24. The van der Waals surface area contributed by atoms with Gasteiger partial charge >= 0.3 is 0 Å². The normalized spacial score (nSPS) is 16.3. The van der Waals surface area contributed by atoms with Crippen molar-refractivity contribution in [2.45, 2.75) is 51.6 Å². The molecule has 2 rings (SSSR count). The number of aromatic nitrogens is 1. The molecule has 1 aromatic heterocycles. The van der Waals surface area contributed by atoms with E-state index in [-0.39, 0.29) is 11.8 Å². The minimum Gasteiger partial charge on any atom is -0.384 e. The Kier molecular flexibility index (Phi) is 4.83. The predicted octanol–water partition coefficient (Wildman–Crippen LogP) is 2.00. The van der Waals surface area contributed by atoms with Crippen LogP contribution in [0.25, 0.3) is 0 Å². The highest BCUT2D eigenvalue weighted by atomic mass is 16.1. The van der Waals surface area contributed by atoms with Gasteiger partial charge in [-0.15, -0.1) is 0 Å². The van der Waals surface area contributed by atoms with Crippen LogP contribution in [-0.4, -0.2) is 41.5 Å². The van der Waals surface area contributed by atoms with Crippen molar-refractivity contribution < 1.29 is 4.79 Å². The molecule has 1 fully saturated rings. The van der Waals surface area contributed by atoms with E-state index in [2.05, 4.69) is 29.2 Å². The molecule has 1 amide bonds. The lowest BCUT2D eigenvalue weighted by Crippen LogP contribution is -2.41. The molecule has 21 heavy (non-hydrogen) atoms. The van der Waals surface area contributed by atoms with Crippen LogP contribution in [0.2, 0.25) is 0 Å². The van der Waals surface area contributed by atoms with Gasteiger partial charge in [0.2, 0.25) is 0 Å². The molecule has 0 bridgehead atoms.